The Balaban J connectivity index is 1.24. The van der Waals surface area contributed by atoms with Gasteiger partial charge in [0.25, 0.3) is 5.91 Å². The third kappa shape index (κ3) is 4.69. The minimum atomic E-state index is -4.75. The molecule has 1 spiro atoms. The van der Waals surface area contributed by atoms with E-state index in [-0.39, 0.29) is 43.0 Å². The number of amides is 3. The molecule has 4 aliphatic rings. The van der Waals surface area contributed by atoms with Gasteiger partial charge in [0.15, 0.2) is 0 Å². The lowest BCUT2D eigenvalue weighted by Crippen LogP contribution is -2.81. The van der Waals surface area contributed by atoms with E-state index in [1.54, 1.807) is 17.0 Å². The normalized spacial score (nSPS) is 26.6. The summed E-state index contributed by atoms with van der Waals surface area (Å²) in [6.07, 6.45) is -3.31. The summed E-state index contributed by atoms with van der Waals surface area (Å²) >= 11 is 0. The molecule has 0 unspecified atom stereocenters. The van der Waals surface area contributed by atoms with Crippen LogP contribution >= 0.6 is 0 Å². The number of likely N-dealkylation sites (tertiary alicyclic amines) is 2. The fourth-order valence-corrected chi connectivity index (χ4v) is 5.92. The molecule has 2 atom stereocenters. The third-order valence-electron chi connectivity index (χ3n) is 7.54. The first-order valence-electron chi connectivity index (χ1n) is 12.2. The maximum absolute atomic E-state index is 13.6. The van der Waals surface area contributed by atoms with Crippen LogP contribution < -0.4 is 4.74 Å². The second-order valence-corrected chi connectivity index (χ2v) is 10.1. The number of imide groups is 1. The molecule has 1 aromatic carbocycles. The summed E-state index contributed by atoms with van der Waals surface area (Å²) in [5.74, 6) is -0.780. The van der Waals surface area contributed by atoms with Gasteiger partial charge in [0.1, 0.15) is 11.3 Å². The van der Waals surface area contributed by atoms with Gasteiger partial charge in [0.2, 0.25) is 11.8 Å². The highest BCUT2D eigenvalue weighted by molar-refractivity contribution is 6.06. The Morgan fingerprint density at radius 3 is 2.44 bits per heavy atom. The van der Waals surface area contributed by atoms with Crippen LogP contribution in [0, 0.1) is 0 Å². The maximum atomic E-state index is 13.6. The van der Waals surface area contributed by atoms with Gasteiger partial charge in [0, 0.05) is 52.2 Å². The Labute approximate surface area is 206 Å². The van der Waals surface area contributed by atoms with Crippen molar-refractivity contribution in [1.29, 1.82) is 0 Å². The van der Waals surface area contributed by atoms with Gasteiger partial charge >= 0.3 is 6.36 Å². The van der Waals surface area contributed by atoms with Crippen LogP contribution in [0.15, 0.2) is 24.3 Å². The molecule has 36 heavy (non-hydrogen) atoms. The molecule has 4 aliphatic heterocycles. The van der Waals surface area contributed by atoms with Crippen molar-refractivity contribution in [2.24, 2.45) is 0 Å². The number of hydrogen-bond acceptors (Lipinski definition) is 7. The summed E-state index contributed by atoms with van der Waals surface area (Å²) in [5.41, 5.74) is -0.150. The number of piperazine rings is 1. The molecule has 4 fully saturated rings. The second-order valence-electron chi connectivity index (χ2n) is 10.1. The molecular weight excluding hydrogens is 481 g/mol. The molecule has 0 aliphatic carbocycles. The molecule has 0 bridgehead atoms. The van der Waals surface area contributed by atoms with E-state index in [1.165, 1.54) is 17.0 Å². The van der Waals surface area contributed by atoms with Crippen molar-refractivity contribution in [3.8, 4) is 5.75 Å². The number of halogens is 3. The highest BCUT2D eigenvalue weighted by Gasteiger charge is 2.64. The first-order chi connectivity index (χ1) is 17.1. The highest BCUT2D eigenvalue weighted by Crippen LogP contribution is 2.41. The lowest BCUT2D eigenvalue weighted by Gasteiger charge is -2.58. The number of carbonyl (C=O) groups is 3. The topological polar surface area (TPSA) is 93.6 Å². The number of hydrogen-bond donors (Lipinski definition) is 1. The van der Waals surface area contributed by atoms with Crippen molar-refractivity contribution < 1.29 is 37.4 Å². The van der Waals surface area contributed by atoms with Gasteiger partial charge in [-0.1, -0.05) is 12.1 Å². The van der Waals surface area contributed by atoms with Crippen molar-refractivity contribution in [2.45, 2.75) is 56.3 Å². The SMILES string of the molecule is O=C1CCCN1CCCN1C(=O)[C@@H]2C[C@@H](O)CN2C2(CN(Cc3ccc(OC(F)(F)F)cc3)C2)C1=O. The summed E-state index contributed by atoms with van der Waals surface area (Å²) in [5, 5.41) is 10.3. The Bertz CT molecular complexity index is 1030. The molecule has 4 saturated heterocycles. The van der Waals surface area contributed by atoms with E-state index in [0.29, 0.717) is 45.6 Å². The minimum Gasteiger partial charge on any atom is -0.406 e. The van der Waals surface area contributed by atoms with Gasteiger partial charge in [-0.15, -0.1) is 13.2 Å². The molecule has 12 heteroatoms. The van der Waals surface area contributed by atoms with Crippen LogP contribution in [0.3, 0.4) is 0 Å². The number of carbonyl (C=O) groups excluding carboxylic acids is 3. The first-order valence-corrected chi connectivity index (χ1v) is 12.2. The van der Waals surface area contributed by atoms with Gasteiger partial charge in [-0.05, 0) is 37.0 Å². The van der Waals surface area contributed by atoms with E-state index in [0.717, 1.165) is 12.0 Å². The molecule has 1 aromatic rings. The quantitative estimate of drug-likeness (QED) is 0.546. The molecule has 3 amide bonds. The van der Waals surface area contributed by atoms with Crippen LogP contribution in [0.25, 0.3) is 0 Å². The predicted molar refractivity (Wildman–Crippen MR) is 119 cm³/mol. The van der Waals surface area contributed by atoms with Crippen molar-refractivity contribution in [1.82, 2.24) is 19.6 Å². The summed E-state index contributed by atoms with van der Waals surface area (Å²) in [6.45, 7) is 2.80. The van der Waals surface area contributed by atoms with Gasteiger partial charge < -0.3 is 14.7 Å². The molecule has 4 heterocycles. The van der Waals surface area contributed by atoms with Crippen LogP contribution in [0.2, 0.25) is 0 Å². The monoisotopic (exact) mass is 510 g/mol. The molecule has 0 radical (unpaired) electrons. The van der Waals surface area contributed by atoms with E-state index >= 15 is 0 Å². The van der Waals surface area contributed by atoms with E-state index in [1.807, 2.05) is 9.80 Å². The molecule has 1 N–H and O–H groups in total. The average molecular weight is 511 g/mol. The van der Waals surface area contributed by atoms with Crippen molar-refractivity contribution in [2.75, 3.05) is 39.3 Å². The summed E-state index contributed by atoms with van der Waals surface area (Å²) in [7, 11) is 0. The number of aliphatic hydroxyl groups excluding tert-OH is 1. The zero-order valence-corrected chi connectivity index (χ0v) is 19.7. The Morgan fingerprint density at radius 1 is 1.08 bits per heavy atom. The number of nitrogens with zero attached hydrogens (tertiary/aromatic N) is 4. The first kappa shape index (κ1) is 25.0. The molecular formula is C24H29F3N4O5. The van der Waals surface area contributed by atoms with Crippen LogP contribution in [-0.2, 0) is 20.9 Å². The van der Waals surface area contributed by atoms with Gasteiger partial charge in [-0.2, -0.15) is 0 Å². The molecule has 5 rings (SSSR count). The van der Waals surface area contributed by atoms with Crippen LogP contribution in [0.4, 0.5) is 13.2 Å². The van der Waals surface area contributed by atoms with Crippen LogP contribution in [0.1, 0.15) is 31.2 Å². The standard InChI is InChI=1S/C24H29F3N4O5/c25-24(26,27)36-18-6-4-16(5-7-18)12-28-14-23(15-28)22(35)30(10-2-9-29-8-1-3-20(29)33)21(34)19-11-17(32)13-31(19)23/h4-7,17,19,32H,1-3,8-15H2/t17-,19+/m1/s1. The highest BCUT2D eigenvalue weighted by atomic mass is 19.4. The second kappa shape index (κ2) is 9.31. The fraction of sp³-hybridized carbons (Fsp3) is 0.625. The Hall–Kier alpha value is -2.70. The molecule has 196 valence electrons. The maximum Gasteiger partial charge on any atom is 0.573 e. The number of fused-ring (bicyclic) bond motifs is 2. The predicted octanol–water partition coefficient (Wildman–Crippen LogP) is 0.956. The zero-order chi connectivity index (χ0) is 25.7. The Morgan fingerprint density at radius 2 is 1.81 bits per heavy atom. The van der Waals surface area contributed by atoms with Crippen LogP contribution in [-0.4, -0.2) is 106 Å². The number of alkyl halides is 3. The fourth-order valence-electron chi connectivity index (χ4n) is 5.92. The summed E-state index contributed by atoms with van der Waals surface area (Å²) < 4.78 is 41.1. The van der Waals surface area contributed by atoms with E-state index in [2.05, 4.69) is 4.74 Å². The number of aliphatic hydroxyl groups is 1. The average Bonchev–Trinajstić information content (AvgIpc) is 3.37. The zero-order valence-electron chi connectivity index (χ0n) is 19.7. The minimum absolute atomic E-state index is 0.0977. The molecule has 0 aromatic heterocycles. The lowest BCUT2D eigenvalue weighted by molar-refractivity contribution is -0.274. The van der Waals surface area contributed by atoms with Gasteiger partial charge in [-0.25, -0.2) is 0 Å². The number of β-amino-alcohol motifs (C(OH)–C–C–N with tert-alkyl or cyclic N) is 1. The number of rotatable bonds is 7. The Kier molecular flexibility index (Phi) is 6.46. The van der Waals surface area contributed by atoms with Gasteiger partial charge in [-0.3, -0.25) is 29.1 Å². The number of benzene rings is 1. The summed E-state index contributed by atoms with van der Waals surface area (Å²) in [6, 6.07) is 5.04. The third-order valence-corrected chi connectivity index (χ3v) is 7.54. The van der Waals surface area contributed by atoms with Crippen molar-refractivity contribution in [3.63, 3.8) is 0 Å². The number of ether oxygens (including phenoxy) is 1. The molecule has 9 nitrogen and oxygen atoms in total. The van der Waals surface area contributed by atoms with E-state index in [9.17, 15) is 32.7 Å². The van der Waals surface area contributed by atoms with E-state index < -0.39 is 24.0 Å². The van der Waals surface area contributed by atoms with Crippen molar-refractivity contribution >= 4 is 17.7 Å². The molecule has 0 saturated carbocycles. The van der Waals surface area contributed by atoms with Crippen LogP contribution in [0.5, 0.6) is 5.75 Å². The smallest absolute Gasteiger partial charge is 0.406 e. The lowest BCUT2D eigenvalue weighted by atomic mass is 9.82. The largest absolute Gasteiger partial charge is 0.573 e. The van der Waals surface area contributed by atoms with Gasteiger partial charge in [0.05, 0.1) is 12.1 Å². The summed E-state index contributed by atoms with van der Waals surface area (Å²) in [4.78, 5) is 45.5. The van der Waals surface area contributed by atoms with E-state index in [4.69, 9.17) is 0 Å². The van der Waals surface area contributed by atoms with Crippen molar-refractivity contribution in [3.05, 3.63) is 29.8 Å².